The van der Waals surface area contributed by atoms with Crippen LogP contribution in [0.2, 0.25) is 5.02 Å². The summed E-state index contributed by atoms with van der Waals surface area (Å²) in [6.45, 7) is 2.32. The van der Waals surface area contributed by atoms with Crippen molar-refractivity contribution in [2.24, 2.45) is 0 Å². The maximum atomic E-state index is 13.4. The van der Waals surface area contributed by atoms with Crippen molar-refractivity contribution in [3.8, 4) is 0 Å². The number of rotatable bonds is 4. The molecule has 1 fully saturated rings. The first-order valence-corrected chi connectivity index (χ1v) is 9.88. The van der Waals surface area contributed by atoms with Gasteiger partial charge in [-0.2, -0.15) is 0 Å². The molecule has 3 aromatic rings. The van der Waals surface area contributed by atoms with Crippen LogP contribution >= 0.6 is 22.9 Å². The molecule has 0 bridgehead atoms. The maximum absolute atomic E-state index is 13.4. The zero-order chi connectivity index (χ0) is 17.9. The Hall–Kier alpha value is -2.02. The van der Waals surface area contributed by atoms with E-state index in [1.54, 1.807) is 12.4 Å². The number of aromatic nitrogens is 2. The zero-order valence-corrected chi connectivity index (χ0v) is 15.8. The SMILES string of the molecule is O=C(c1sc2ncccc2c1Cl)N(Cc1ccccn1)C1CCNCC1. The van der Waals surface area contributed by atoms with E-state index in [0.717, 1.165) is 41.8 Å². The lowest BCUT2D eigenvalue weighted by molar-refractivity contribution is 0.0625. The number of hydrogen-bond donors (Lipinski definition) is 1. The number of carbonyl (C=O) groups excluding carboxylic acids is 1. The fraction of sp³-hybridized carbons (Fsp3) is 0.316. The number of nitrogens with zero attached hydrogens (tertiary/aromatic N) is 3. The van der Waals surface area contributed by atoms with E-state index in [-0.39, 0.29) is 11.9 Å². The van der Waals surface area contributed by atoms with Gasteiger partial charge in [-0.15, -0.1) is 11.3 Å². The van der Waals surface area contributed by atoms with Crippen molar-refractivity contribution in [1.29, 1.82) is 0 Å². The Morgan fingerprint density at radius 3 is 2.73 bits per heavy atom. The third kappa shape index (κ3) is 3.45. The number of nitrogens with one attached hydrogen (secondary N) is 1. The molecule has 7 heteroatoms. The molecule has 4 heterocycles. The largest absolute Gasteiger partial charge is 0.329 e. The minimum Gasteiger partial charge on any atom is -0.329 e. The van der Waals surface area contributed by atoms with Gasteiger partial charge in [0.1, 0.15) is 9.71 Å². The summed E-state index contributed by atoms with van der Waals surface area (Å²) in [6, 6.07) is 9.72. The summed E-state index contributed by atoms with van der Waals surface area (Å²) in [6.07, 6.45) is 5.34. The predicted octanol–water partition coefficient (Wildman–Crippen LogP) is 3.74. The lowest BCUT2D eigenvalue weighted by Crippen LogP contribution is -2.45. The monoisotopic (exact) mass is 386 g/mol. The highest BCUT2D eigenvalue weighted by atomic mass is 35.5. The van der Waals surface area contributed by atoms with E-state index in [4.69, 9.17) is 11.6 Å². The molecule has 134 valence electrons. The molecule has 1 amide bonds. The van der Waals surface area contributed by atoms with Gasteiger partial charge < -0.3 is 10.2 Å². The number of thiophene rings is 1. The van der Waals surface area contributed by atoms with Crippen LogP contribution in [0.15, 0.2) is 42.7 Å². The normalized spacial score (nSPS) is 15.3. The number of carbonyl (C=O) groups is 1. The molecule has 1 saturated heterocycles. The van der Waals surface area contributed by atoms with E-state index in [1.165, 1.54) is 11.3 Å². The van der Waals surface area contributed by atoms with Gasteiger partial charge in [-0.25, -0.2) is 4.98 Å². The molecule has 1 aliphatic rings. The van der Waals surface area contributed by atoms with Crippen molar-refractivity contribution in [3.63, 3.8) is 0 Å². The standard InChI is InChI=1S/C19H19ClN4OS/c20-16-15-5-3-9-23-18(15)26-17(16)19(25)24(14-6-10-21-11-7-14)12-13-4-1-2-8-22-13/h1-5,8-9,14,21H,6-7,10-12H2. The fourth-order valence-corrected chi connectivity index (χ4v) is 4.72. The maximum Gasteiger partial charge on any atom is 0.266 e. The van der Waals surface area contributed by atoms with Crippen LogP contribution in [0.3, 0.4) is 0 Å². The average Bonchev–Trinajstić information content (AvgIpc) is 3.04. The summed E-state index contributed by atoms with van der Waals surface area (Å²) in [5, 5.41) is 4.70. The number of halogens is 1. The van der Waals surface area contributed by atoms with E-state index in [0.29, 0.717) is 16.4 Å². The highest BCUT2D eigenvalue weighted by Crippen LogP contribution is 2.35. The van der Waals surface area contributed by atoms with E-state index in [2.05, 4.69) is 15.3 Å². The van der Waals surface area contributed by atoms with Gasteiger partial charge in [0, 0.05) is 23.8 Å². The molecule has 0 saturated carbocycles. The second-order valence-corrected chi connectivity index (χ2v) is 7.71. The lowest BCUT2D eigenvalue weighted by atomic mass is 10.0. The van der Waals surface area contributed by atoms with E-state index in [9.17, 15) is 4.79 Å². The molecule has 0 unspecified atom stereocenters. The minimum absolute atomic E-state index is 0.0319. The first kappa shape index (κ1) is 17.4. The molecule has 1 aliphatic heterocycles. The third-order valence-electron chi connectivity index (χ3n) is 4.67. The first-order chi connectivity index (χ1) is 12.7. The van der Waals surface area contributed by atoms with Gasteiger partial charge in [0.2, 0.25) is 0 Å². The quantitative estimate of drug-likeness (QED) is 0.742. The number of piperidine rings is 1. The molecular weight excluding hydrogens is 368 g/mol. The Bertz CT molecular complexity index is 908. The fourth-order valence-electron chi connectivity index (χ4n) is 3.32. The molecule has 0 radical (unpaired) electrons. The second-order valence-electron chi connectivity index (χ2n) is 6.34. The molecule has 5 nitrogen and oxygen atoms in total. The highest BCUT2D eigenvalue weighted by Gasteiger charge is 2.29. The Labute approximate surface area is 161 Å². The summed E-state index contributed by atoms with van der Waals surface area (Å²) in [5.41, 5.74) is 0.884. The predicted molar refractivity (Wildman–Crippen MR) is 105 cm³/mol. The summed E-state index contributed by atoms with van der Waals surface area (Å²) < 4.78 is 0. The van der Waals surface area contributed by atoms with Gasteiger partial charge in [0.25, 0.3) is 5.91 Å². The smallest absolute Gasteiger partial charge is 0.266 e. The van der Waals surface area contributed by atoms with Gasteiger partial charge in [-0.1, -0.05) is 17.7 Å². The summed E-state index contributed by atoms with van der Waals surface area (Å²) in [4.78, 5) is 25.5. The second kappa shape index (κ2) is 7.70. The number of amides is 1. The molecule has 3 aromatic heterocycles. The van der Waals surface area contributed by atoms with Crippen LogP contribution in [0.1, 0.15) is 28.2 Å². The number of hydrogen-bond acceptors (Lipinski definition) is 5. The van der Waals surface area contributed by atoms with Crippen LogP contribution in [0.5, 0.6) is 0 Å². The summed E-state index contributed by atoms with van der Waals surface area (Å²) in [5.74, 6) is -0.0319. The molecule has 0 atom stereocenters. The van der Waals surface area contributed by atoms with Crippen molar-refractivity contribution >= 4 is 39.1 Å². The summed E-state index contributed by atoms with van der Waals surface area (Å²) in [7, 11) is 0. The molecule has 4 rings (SSSR count). The van der Waals surface area contributed by atoms with Crippen molar-refractivity contribution in [3.05, 3.63) is 58.3 Å². The van der Waals surface area contributed by atoms with Crippen LogP contribution < -0.4 is 5.32 Å². The topological polar surface area (TPSA) is 58.1 Å². The Morgan fingerprint density at radius 1 is 1.19 bits per heavy atom. The van der Waals surface area contributed by atoms with Gasteiger partial charge in [0.15, 0.2) is 0 Å². The molecule has 1 N–H and O–H groups in total. The third-order valence-corrected chi connectivity index (χ3v) is 6.27. The van der Waals surface area contributed by atoms with Gasteiger partial charge >= 0.3 is 0 Å². The van der Waals surface area contributed by atoms with Gasteiger partial charge in [0.05, 0.1) is 17.3 Å². The van der Waals surface area contributed by atoms with Gasteiger partial charge in [-0.3, -0.25) is 9.78 Å². The number of fused-ring (bicyclic) bond motifs is 1. The van der Waals surface area contributed by atoms with Crippen LogP contribution in [-0.2, 0) is 6.54 Å². The molecular formula is C19H19ClN4OS. The van der Waals surface area contributed by atoms with Crippen LogP contribution in [0.4, 0.5) is 0 Å². The number of pyridine rings is 2. The summed E-state index contributed by atoms with van der Waals surface area (Å²) >= 11 is 7.90. The molecule has 26 heavy (non-hydrogen) atoms. The highest BCUT2D eigenvalue weighted by molar-refractivity contribution is 7.21. The van der Waals surface area contributed by atoms with Crippen LogP contribution in [0.25, 0.3) is 10.2 Å². The Balaban J connectivity index is 1.69. The van der Waals surface area contributed by atoms with E-state index in [1.807, 2.05) is 35.2 Å². The average molecular weight is 387 g/mol. The lowest BCUT2D eigenvalue weighted by Gasteiger charge is -2.34. The molecule has 0 aromatic carbocycles. The van der Waals surface area contributed by atoms with Crippen molar-refractivity contribution < 1.29 is 4.79 Å². The first-order valence-electron chi connectivity index (χ1n) is 8.68. The van der Waals surface area contributed by atoms with Gasteiger partial charge in [-0.05, 0) is 50.2 Å². The minimum atomic E-state index is -0.0319. The van der Waals surface area contributed by atoms with Crippen LogP contribution in [-0.4, -0.2) is 39.9 Å². The van der Waals surface area contributed by atoms with E-state index < -0.39 is 0 Å². The van der Waals surface area contributed by atoms with Crippen molar-refractivity contribution in [2.45, 2.75) is 25.4 Å². The van der Waals surface area contributed by atoms with Crippen molar-refractivity contribution in [2.75, 3.05) is 13.1 Å². The zero-order valence-electron chi connectivity index (χ0n) is 14.2. The Kier molecular flexibility index (Phi) is 5.15. The Morgan fingerprint density at radius 2 is 2.00 bits per heavy atom. The molecule has 0 aliphatic carbocycles. The van der Waals surface area contributed by atoms with Crippen molar-refractivity contribution in [1.82, 2.24) is 20.2 Å². The van der Waals surface area contributed by atoms with E-state index >= 15 is 0 Å². The molecule has 0 spiro atoms. The van der Waals surface area contributed by atoms with Crippen LogP contribution in [0, 0.1) is 0 Å².